The number of benzene rings is 1. The Labute approximate surface area is 152 Å². The molecule has 2 aromatic rings. The smallest absolute Gasteiger partial charge is 0.225 e. The molecule has 0 N–H and O–H groups in total. The lowest BCUT2D eigenvalue weighted by molar-refractivity contribution is 0.321. The number of halogens is 1. The highest BCUT2D eigenvalue weighted by Crippen LogP contribution is 2.40. The number of hydrogen-bond donors (Lipinski definition) is 0. The van der Waals surface area contributed by atoms with E-state index in [4.69, 9.17) is 0 Å². The molecule has 0 amide bonds. The Balaban J connectivity index is 1.67. The Kier molecular flexibility index (Phi) is 4.19. The fourth-order valence-electron chi connectivity index (χ4n) is 3.86. The summed E-state index contributed by atoms with van der Waals surface area (Å²) in [6, 6.07) is 6.63. The van der Waals surface area contributed by atoms with Crippen molar-refractivity contribution in [1.82, 2.24) is 14.9 Å². The van der Waals surface area contributed by atoms with Crippen LogP contribution in [0.2, 0.25) is 0 Å². The molecule has 0 bridgehead atoms. The maximum absolute atomic E-state index is 14.0. The van der Waals surface area contributed by atoms with Gasteiger partial charge in [-0.25, -0.2) is 22.8 Å². The van der Waals surface area contributed by atoms with E-state index in [1.807, 2.05) is 23.9 Å². The van der Waals surface area contributed by atoms with Gasteiger partial charge in [0.25, 0.3) is 0 Å². The van der Waals surface area contributed by atoms with E-state index in [-0.39, 0.29) is 17.5 Å². The highest BCUT2D eigenvalue weighted by atomic mass is 32.2. The Hall–Kier alpha value is -2.06. The maximum Gasteiger partial charge on any atom is 0.225 e. The maximum atomic E-state index is 14.0. The SMILES string of the molecule is CN(C)c1ncc2c(n1)[C@@H]1CN(Cc3ccccc3F)C[C@@H]1S(=O)(=O)C2. The van der Waals surface area contributed by atoms with Crippen molar-refractivity contribution in [3.63, 3.8) is 0 Å². The fourth-order valence-corrected chi connectivity index (χ4v) is 5.88. The number of aromatic nitrogens is 2. The van der Waals surface area contributed by atoms with Crippen LogP contribution in [-0.2, 0) is 22.1 Å². The first-order chi connectivity index (χ1) is 12.3. The zero-order valence-corrected chi connectivity index (χ0v) is 15.6. The average molecular weight is 376 g/mol. The molecule has 4 rings (SSSR count). The summed E-state index contributed by atoms with van der Waals surface area (Å²) in [5.41, 5.74) is 2.09. The van der Waals surface area contributed by atoms with Crippen molar-refractivity contribution in [1.29, 1.82) is 0 Å². The molecule has 2 atom stereocenters. The summed E-state index contributed by atoms with van der Waals surface area (Å²) >= 11 is 0. The predicted octanol–water partition coefficient (Wildman–Crippen LogP) is 1.58. The Bertz CT molecular complexity index is 948. The normalized spacial score (nSPS) is 24.1. The van der Waals surface area contributed by atoms with E-state index < -0.39 is 15.1 Å². The molecular formula is C18H21FN4O2S. The second-order valence-electron chi connectivity index (χ2n) is 7.21. The molecular weight excluding hydrogens is 355 g/mol. The minimum Gasteiger partial charge on any atom is -0.347 e. The van der Waals surface area contributed by atoms with Gasteiger partial charge in [0, 0.05) is 57.0 Å². The topological polar surface area (TPSA) is 66.4 Å². The highest BCUT2D eigenvalue weighted by molar-refractivity contribution is 7.91. The van der Waals surface area contributed by atoms with Crippen molar-refractivity contribution < 1.29 is 12.8 Å². The molecule has 1 saturated heterocycles. The molecule has 1 fully saturated rings. The molecule has 8 heteroatoms. The summed E-state index contributed by atoms with van der Waals surface area (Å²) < 4.78 is 39.5. The van der Waals surface area contributed by atoms with Crippen molar-refractivity contribution in [2.75, 3.05) is 32.1 Å². The lowest BCUT2D eigenvalue weighted by atomic mass is 10.00. The second-order valence-corrected chi connectivity index (χ2v) is 9.43. The van der Waals surface area contributed by atoms with Gasteiger partial charge in [0.05, 0.1) is 16.7 Å². The number of likely N-dealkylation sites (tertiary alicyclic amines) is 1. The van der Waals surface area contributed by atoms with Gasteiger partial charge in [-0.05, 0) is 6.07 Å². The molecule has 3 heterocycles. The molecule has 2 aliphatic rings. The van der Waals surface area contributed by atoms with Crippen LogP contribution in [0.4, 0.5) is 10.3 Å². The third-order valence-electron chi connectivity index (χ3n) is 5.15. The first-order valence-electron chi connectivity index (χ1n) is 8.55. The molecule has 0 unspecified atom stereocenters. The fraction of sp³-hybridized carbons (Fsp3) is 0.444. The summed E-state index contributed by atoms with van der Waals surface area (Å²) in [6.45, 7) is 1.35. The third-order valence-corrected chi connectivity index (χ3v) is 7.26. The summed E-state index contributed by atoms with van der Waals surface area (Å²) in [4.78, 5) is 12.7. The largest absolute Gasteiger partial charge is 0.347 e. The highest BCUT2D eigenvalue weighted by Gasteiger charge is 2.47. The van der Waals surface area contributed by atoms with Crippen LogP contribution in [0.25, 0.3) is 0 Å². The molecule has 6 nitrogen and oxygen atoms in total. The molecule has 138 valence electrons. The number of hydrogen-bond acceptors (Lipinski definition) is 6. The lowest BCUT2D eigenvalue weighted by Gasteiger charge is -2.27. The number of rotatable bonds is 3. The molecule has 0 spiro atoms. The summed E-state index contributed by atoms with van der Waals surface area (Å²) in [5.74, 6) is 0.0968. The molecule has 1 aromatic carbocycles. The molecule has 0 radical (unpaired) electrons. The zero-order chi connectivity index (χ0) is 18.5. The van der Waals surface area contributed by atoms with Gasteiger partial charge in [0.1, 0.15) is 5.82 Å². The van der Waals surface area contributed by atoms with Crippen LogP contribution in [0.3, 0.4) is 0 Å². The van der Waals surface area contributed by atoms with Gasteiger partial charge in [-0.2, -0.15) is 0 Å². The zero-order valence-electron chi connectivity index (χ0n) is 14.8. The van der Waals surface area contributed by atoms with Gasteiger partial charge in [0.15, 0.2) is 9.84 Å². The number of nitrogens with zero attached hydrogens (tertiary/aromatic N) is 4. The minimum absolute atomic E-state index is 0.0231. The Morgan fingerprint density at radius 1 is 1.27 bits per heavy atom. The summed E-state index contributed by atoms with van der Waals surface area (Å²) in [5, 5.41) is -0.494. The van der Waals surface area contributed by atoms with Crippen LogP contribution in [0.15, 0.2) is 30.5 Å². The minimum atomic E-state index is -3.27. The summed E-state index contributed by atoms with van der Waals surface area (Å²) in [7, 11) is 0.447. The molecule has 1 aromatic heterocycles. The van der Waals surface area contributed by atoms with Crippen molar-refractivity contribution in [2.45, 2.75) is 23.5 Å². The van der Waals surface area contributed by atoms with E-state index >= 15 is 0 Å². The Morgan fingerprint density at radius 2 is 2.04 bits per heavy atom. The van der Waals surface area contributed by atoms with Crippen molar-refractivity contribution in [3.8, 4) is 0 Å². The Morgan fingerprint density at radius 3 is 2.77 bits per heavy atom. The van der Waals surface area contributed by atoms with Crippen LogP contribution >= 0.6 is 0 Å². The number of anilines is 1. The van der Waals surface area contributed by atoms with E-state index in [0.29, 0.717) is 36.7 Å². The van der Waals surface area contributed by atoms with Crippen LogP contribution in [0.5, 0.6) is 0 Å². The van der Waals surface area contributed by atoms with Crippen LogP contribution in [-0.4, -0.2) is 55.7 Å². The number of fused-ring (bicyclic) bond motifs is 3. The van der Waals surface area contributed by atoms with E-state index in [1.54, 1.807) is 24.4 Å². The quantitative estimate of drug-likeness (QED) is 0.810. The molecule has 0 saturated carbocycles. The van der Waals surface area contributed by atoms with Gasteiger partial charge in [-0.1, -0.05) is 18.2 Å². The standard InChI is InChI=1S/C18H21FN4O2S/c1-22(2)18-20-7-13-11-26(24,25)16-10-23(9-14(16)17(13)21-18)8-12-5-3-4-6-15(12)19/h3-7,14,16H,8-11H2,1-2H3/t14-,16+/m1/s1. The first-order valence-corrected chi connectivity index (χ1v) is 10.3. The molecule has 2 aliphatic heterocycles. The first kappa shape index (κ1) is 17.4. The predicted molar refractivity (Wildman–Crippen MR) is 97.2 cm³/mol. The second kappa shape index (κ2) is 6.28. The van der Waals surface area contributed by atoms with Crippen LogP contribution in [0, 0.1) is 5.82 Å². The lowest BCUT2D eigenvalue weighted by Crippen LogP contribution is -2.35. The van der Waals surface area contributed by atoms with Gasteiger partial charge in [0.2, 0.25) is 5.95 Å². The molecule has 0 aliphatic carbocycles. The van der Waals surface area contributed by atoms with E-state index in [2.05, 4.69) is 9.97 Å². The van der Waals surface area contributed by atoms with Gasteiger partial charge < -0.3 is 4.90 Å². The van der Waals surface area contributed by atoms with E-state index in [0.717, 1.165) is 5.69 Å². The monoisotopic (exact) mass is 376 g/mol. The average Bonchev–Trinajstić information content (AvgIpc) is 3.01. The number of sulfone groups is 1. The summed E-state index contributed by atoms with van der Waals surface area (Å²) in [6.07, 6.45) is 1.63. The third kappa shape index (κ3) is 2.97. The van der Waals surface area contributed by atoms with Crippen molar-refractivity contribution in [2.24, 2.45) is 0 Å². The van der Waals surface area contributed by atoms with E-state index in [9.17, 15) is 12.8 Å². The van der Waals surface area contributed by atoms with Crippen LogP contribution in [0.1, 0.15) is 22.7 Å². The van der Waals surface area contributed by atoms with Gasteiger partial charge in [-0.3, -0.25) is 4.90 Å². The van der Waals surface area contributed by atoms with Crippen LogP contribution < -0.4 is 4.90 Å². The van der Waals surface area contributed by atoms with Gasteiger partial charge >= 0.3 is 0 Å². The van der Waals surface area contributed by atoms with Crippen molar-refractivity contribution >= 4 is 15.8 Å². The molecule has 26 heavy (non-hydrogen) atoms. The van der Waals surface area contributed by atoms with Crippen molar-refractivity contribution in [3.05, 3.63) is 53.1 Å². The van der Waals surface area contributed by atoms with E-state index in [1.165, 1.54) is 6.07 Å². The van der Waals surface area contributed by atoms with Gasteiger partial charge in [-0.15, -0.1) is 0 Å².